The summed E-state index contributed by atoms with van der Waals surface area (Å²) in [4.78, 5) is 0. The summed E-state index contributed by atoms with van der Waals surface area (Å²) in [6.07, 6.45) is 4.12. The SMILES string of the molecule is CC=Cc1ccccc1.F.F.F.F.F.c1ccccc1. The van der Waals surface area contributed by atoms with Gasteiger partial charge in [0.25, 0.3) is 0 Å². The van der Waals surface area contributed by atoms with Crippen LogP contribution in [-0.2, 0) is 0 Å². The van der Waals surface area contributed by atoms with Crippen LogP contribution in [0.5, 0.6) is 0 Å². The van der Waals surface area contributed by atoms with Crippen molar-refractivity contribution in [3.05, 3.63) is 78.4 Å². The fourth-order valence-electron chi connectivity index (χ4n) is 1.14. The van der Waals surface area contributed by atoms with E-state index in [0.29, 0.717) is 0 Å². The average molecular weight is 296 g/mol. The average Bonchev–Trinajstić information content (AvgIpc) is 2.34. The summed E-state index contributed by atoms with van der Waals surface area (Å²) in [6, 6.07) is 22.3. The first-order valence-corrected chi connectivity index (χ1v) is 5.11. The van der Waals surface area contributed by atoms with E-state index in [1.165, 1.54) is 5.56 Å². The fourth-order valence-corrected chi connectivity index (χ4v) is 1.14. The zero-order valence-corrected chi connectivity index (χ0v) is 11.0. The number of benzene rings is 2. The minimum absolute atomic E-state index is 0. The van der Waals surface area contributed by atoms with Gasteiger partial charge in [0.15, 0.2) is 0 Å². The van der Waals surface area contributed by atoms with Gasteiger partial charge < -0.3 is 0 Å². The first kappa shape index (κ1) is 30.7. The van der Waals surface area contributed by atoms with Crippen LogP contribution in [0.2, 0.25) is 0 Å². The Kier molecular flexibility index (Phi) is 33.8. The Hall–Kier alpha value is -2.17. The molecular formula is C15H21F5. The van der Waals surface area contributed by atoms with E-state index in [9.17, 15) is 0 Å². The lowest BCUT2D eigenvalue weighted by Crippen LogP contribution is -1.65. The van der Waals surface area contributed by atoms with E-state index in [0.717, 1.165) is 0 Å². The van der Waals surface area contributed by atoms with Gasteiger partial charge in [-0.1, -0.05) is 78.9 Å². The third kappa shape index (κ3) is 15.8. The largest absolute Gasteiger partial charge is 0.269 e. The molecular weight excluding hydrogens is 275 g/mol. The molecule has 0 spiro atoms. The van der Waals surface area contributed by atoms with Gasteiger partial charge in [-0.2, -0.15) is 0 Å². The number of rotatable bonds is 1. The van der Waals surface area contributed by atoms with Crippen LogP contribution in [0.4, 0.5) is 23.5 Å². The van der Waals surface area contributed by atoms with Crippen LogP contribution in [0.1, 0.15) is 12.5 Å². The molecule has 0 fully saturated rings. The molecule has 0 aliphatic rings. The molecule has 0 aromatic heterocycles. The van der Waals surface area contributed by atoms with Crippen molar-refractivity contribution in [1.82, 2.24) is 0 Å². The molecule has 20 heavy (non-hydrogen) atoms. The van der Waals surface area contributed by atoms with Crippen molar-refractivity contribution in [3.8, 4) is 0 Å². The molecule has 2 aromatic carbocycles. The highest BCUT2D eigenvalue weighted by atomic mass is 19.0. The minimum Gasteiger partial charge on any atom is -0.269 e. The second-order valence-electron chi connectivity index (χ2n) is 3.07. The lowest BCUT2D eigenvalue weighted by atomic mass is 10.2. The molecule has 0 aliphatic carbocycles. The van der Waals surface area contributed by atoms with Gasteiger partial charge in [0.05, 0.1) is 0 Å². The van der Waals surface area contributed by atoms with Crippen molar-refractivity contribution >= 4 is 6.08 Å². The van der Waals surface area contributed by atoms with Crippen LogP contribution in [0.3, 0.4) is 0 Å². The van der Waals surface area contributed by atoms with Crippen LogP contribution in [-0.4, -0.2) is 0 Å². The highest BCUT2D eigenvalue weighted by Gasteiger charge is 1.77. The molecule has 0 nitrogen and oxygen atoms in total. The lowest BCUT2D eigenvalue weighted by Gasteiger charge is -1.86. The summed E-state index contributed by atoms with van der Waals surface area (Å²) < 4.78 is 0. The highest BCUT2D eigenvalue weighted by Crippen LogP contribution is 1.99. The Morgan fingerprint density at radius 3 is 1.15 bits per heavy atom. The van der Waals surface area contributed by atoms with Crippen molar-refractivity contribution in [2.24, 2.45) is 0 Å². The molecule has 2 rings (SSSR count). The van der Waals surface area contributed by atoms with Gasteiger partial charge in [-0.05, 0) is 12.5 Å². The van der Waals surface area contributed by atoms with Crippen LogP contribution in [0.25, 0.3) is 6.08 Å². The molecule has 0 heterocycles. The molecule has 116 valence electrons. The van der Waals surface area contributed by atoms with Gasteiger partial charge in [0.1, 0.15) is 0 Å². The van der Waals surface area contributed by atoms with Gasteiger partial charge in [-0.3, -0.25) is 23.5 Å². The predicted octanol–water partition coefficient (Wildman–Crippen LogP) is 5.17. The van der Waals surface area contributed by atoms with Crippen molar-refractivity contribution in [2.45, 2.75) is 6.92 Å². The number of halogens is 5. The molecule has 0 radical (unpaired) electrons. The van der Waals surface area contributed by atoms with E-state index in [2.05, 4.69) is 18.2 Å². The second kappa shape index (κ2) is 22.0. The zero-order chi connectivity index (χ0) is 10.8. The van der Waals surface area contributed by atoms with Crippen LogP contribution in [0, 0.1) is 0 Å². The molecule has 2 aromatic rings. The molecule has 0 amide bonds. The topological polar surface area (TPSA) is 0 Å². The first-order chi connectivity index (χ1) is 7.43. The van der Waals surface area contributed by atoms with Crippen LogP contribution in [0.15, 0.2) is 72.8 Å². The van der Waals surface area contributed by atoms with Crippen molar-refractivity contribution in [3.63, 3.8) is 0 Å². The summed E-state index contributed by atoms with van der Waals surface area (Å²) in [5.41, 5.74) is 1.26. The molecule has 0 unspecified atom stereocenters. The minimum atomic E-state index is 0. The summed E-state index contributed by atoms with van der Waals surface area (Å²) in [6.45, 7) is 2.02. The van der Waals surface area contributed by atoms with Crippen molar-refractivity contribution in [2.75, 3.05) is 0 Å². The maximum atomic E-state index is 2.08. The zero-order valence-electron chi connectivity index (χ0n) is 11.0. The van der Waals surface area contributed by atoms with Gasteiger partial charge in [0, 0.05) is 0 Å². The molecule has 5 heteroatoms. The van der Waals surface area contributed by atoms with Crippen LogP contribution >= 0.6 is 0 Å². The molecule has 0 bridgehead atoms. The third-order valence-electron chi connectivity index (χ3n) is 1.83. The first-order valence-electron chi connectivity index (χ1n) is 5.11. The second-order valence-corrected chi connectivity index (χ2v) is 3.07. The van der Waals surface area contributed by atoms with E-state index in [-0.39, 0.29) is 23.5 Å². The van der Waals surface area contributed by atoms with E-state index >= 15 is 0 Å². The van der Waals surface area contributed by atoms with Crippen molar-refractivity contribution in [1.29, 1.82) is 0 Å². The Bertz CT molecular complexity index is 349. The van der Waals surface area contributed by atoms with E-state index in [4.69, 9.17) is 0 Å². The smallest absolute Gasteiger partial charge is 0.0260 e. The number of hydrogen-bond donors (Lipinski definition) is 0. The van der Waals surface area contributed by atoms with Gasteiger partial charge >= 0.3 is 0 Å². The van der Waals surface area contributed by atoms with E-state index in [1.54, 1.807) is 0 Å². The maximum Gasteiger partial charge on any atom is -0.0260 e. The summed E-state index contributed by atoms with van der Waals surface area (Å²) in [7, 11) is 0. The molecule has 0 aliphatic heterocycles. The van der Waals surface area contributed by atoms with Gasteiger partial charge in [-0.15, -0.1) is 0 Å². The number of hydrogen-bond acceptors (Lipinski definition) is 0. The monoisotopic (exact) mass is 296 g/mol. The maximum absolute atomic E-state index is 2.08. The van der Waals surface area contributed by atoms with E-state index in [1.807, 2.05) is 67.6 Å². The van der Waals surface area contributed by atoms with Gasteiger partial charge in [0.2, 0.25) is 0 Å². The fraction of sp³-hybridized carbons (Fsp3) is 0.0667. The van der Waals surface area contributed by atoms with Crippen molar-refractivity contribution < 1.29 is 23.5 Å². The Labute approximate surface area is 116 Å². The summed E-state index contributed by atoms with van der Waals surface area (Å²) in [5.74, 6) is 0. The Morgan fingerprint density at radius 2 is 0.850 bits per heavy atom. The standard InChI is InChI=1S/C9H10.C6H6.5FH/c1-2-6-9-7-4-3-5-8-9;1-2-4-6-5-3-1;;;;;/h2-8H,1H3;1-6H;5*1H. The van der Waals surface area contributed by atoms with Gasteiger partial charge in [-0.25, -0.2) is 0 Å². The number of allylic oxidation sites excluding steroid dienone is 1. The third-order valence-corrected chi connectivity index (χ3v) is 1.83. The molecule has 0 N–H and O–H groups in total. The summed E-state index contributed by atoms with van der Waals surface area (Å²) in [5, 5.41) is 0. The molecule has 0 atom stereocenters. The normalized spacial score (nSPS) is 7.05. The van der Waals surface area contributed by atoms with E-state index < -0.39 is 0 Å². The molecule has 0 saturated heterocycles. The lowest BCUT2D eigenvalue weighted by molar-refractivity contribution is 1.11. The Morgan fingerprint density at radius 1 is 0.550 bits per heavy atom. The summed E-state index contributed by atoms with van der Waals surface area (Å²) >= 11 is 0. The molecule has 0 saturated carbocycles. The Balaban J connectivity index is -0.0000000623. The quantitative estimate of drug-likeness (QED) is 0.637. The highest BCUT2D eigenvalue weighted by molar-refractivity contribution is 5.47. The predicted molar refractivity (Wildman–Crippen MR) is 80.1 cm³/mol. The van der Waals surface area contributed by atoms with Crippen LogP contribution < -0.4 is 0 Å².